The summed E-state index contributed by atoms with van der Waals surface area (Å²) in [6.45, 7) is 1.47. The third kappa shape index (κ3) is 4.43. The van der Waals surface area contributed by atoms with Crippen molar-refractivity contribution in [1.29, 1.82) is 0 Å². The van der Waals surface area contributed by atoms with Crippen LogP contribution in [0.1, 0.15) is 6.92 Å². The molecule has 0 aliphatic heterocycles. The minimum atomic E-state index is -3.28. The van der Waals surface area contributed by atoms with Crippen LogP contribution < -0.4 is 5.32 Å². The topological polar surface area (TPSA) is 89.3 Å². The van der Waals surface area contributed by atoms with Crippen LogP contribution in [0.5, 0.6) is 0 Å². The van der Waals surface area contributed by atoms with Crippen LogP contribution in [0.4, 0.5) is 20.2 Å². The molecule has 1 aromatic rings. The molecule has 6 nitrogen and oxygen atoms in total. The highest BCUT2D eigenvalue weighted by molar-refractivity contribution is 7.90. The zero-order valence-corrected chi connectivity index (χ0v) is 11.0. The SMILES string of the molecule is CC(CS(C)(=O)=O)Nc1cc([N+](=O)[O-])c(F)cc1F. The number of anilines is 1. The molecule has 0 fully saturated rings. The van der Waals surface area contributed by atoms with E-state index in [-0.39, 0.29) is 11.4 Å². The van der Waals surface area contributed by atoms with Crippen molar-refractivity contribution in [1.82, 2.24) is 0 Å². The van der Waals surface area contributed by atoms with E-state index in [9.17, 15) is 27.3 Å². The van der Waals surface area contributed by atoms with E-state index in [4.69, 9.17) is 0 Å². The molecule has 19 heavy (non-hydrogen) atoms. The predicted octanol–water partition coefficient (Wildman–Crippen LogP) is 1.72. The first-order chi connectivity index (χ1) is 8.60. The number of nitrogens with one attached hydrogen (secondary N) is 1. The van der Waals surface area contributed by atoms with Crippen LogP contribution in [0.25, 0.3) is 0 Å². The largest absolute Gasteiger partial charge is 0.379 e. The highest BCUT2D eigenvalue weighted by Crippen LogP contribution is 2.25. The van der Waals surface area contributed by atoms with Crippen LogP contribution in [-0.2, 0) is 9.84 Å². The molecule has 1 atom stereocenters. The molecule has 0 radical (unpaired) electrons. The van der Waals surface area contributed by atoms with Gasteiger partial charge in [-0.1, -0.05) is 0 Å². The molecule has 0 bridgehead atoms. The van der Waals surface area contributed by atoms with Crippen molar-refractivity contribution in [2.24, 2.45) is 0 Å². The van der Waals surface area contributed by atoms with E-state index in [1.165, 1.54) is 6.92 Å². The lowest BCUT2D eigenvalue weighted by Crippen LogP contribution is -2.25. The van der Waals surface area contributed by atoms with Gasteiger partial charge >= 0.3 is 5.69 Å². The highest BCUT2D eigenvalue weighted by atomic mass is 32.2. The number of hydrogen-bond acceptors (Lipinski definition) is 5. The Bertz CT molecular complexity index is 604. The van der Waals surface area contributed by atoms with Crippen LogP contribution >= 0.6 is 0 Å². The number of rotatable bonds is 5. The van der Waals surface area contributed by atoms with E-state index in [0.29, 0.717) is 12.1 Å². The van der Waals surface area contributed by atoms with Gasteiger partial charge in [0.15, 0.2) is 0 Å². The van der Waals surface area contributed by atoms with Gasteiger partial charge in [-0.3, -0.25) is 10.1 Å². The molecule has 0 aliphatic rings. The smallest absolute Gasteiger partial charge is 0.307 e. The third-order valence-electron chi connectivity index (χ3n) is 2.19. The summed E-state index contributed by atoms with van der Waals surface area (Å²) in [6.07, 6.45) is 1.01. The van der Waals surface area contributed by atoms with Crippen molar-refractivity contribution in [2.75, 3.05) is 17.3 Å². The van der Waals surface area contributed by atoms with Crippen LogP contribution in [0, 0.1) is 21.7 Å². The second kappa shape index (κ2) is 5.47. The minimum absolute atomic E-state index is 0.280. The van der Waals surface area contributed by atoms with Gasteiger partial charge in [0.25, 0.3) is 0 Å². The predicted molar refractivity (Wildman–Crippen MR) is 65.8 cm³/mol. The van der Waals surface area contributed by atoms with Gasteiger partial charge < -0.3 is 5.32 Å². The summed E-state index contributed by atoms with van der Waals surface area (Å²) < 4.78 is 48.6. The molecule has 0 spiro atoms. The maximum atomic E-state index is 13.4. The maximum absolute atomic E-state index is 13.4. The number of nitro groups is 1. The zero-order valence-electron chi connectivity index (χ0n) is 10.2. The monoisotopic (exact) mass is 294 g/mol. The second-order valence-electron chi connectivity index (χ2n) is 4.18. The molecule has 1 unspecified atom stereocenters. The Balaban J connectivity index is 3.01. The zero-order chi connectivity index (χ0) is 14.8. The standard InChI is InChI=1S/C10H12F2N2O4S/c1-6(5-19(2,17)18)13-9-4-10(14(15)16)8(12)3-7(9)11/h3-4,6,13H,5H2,1-2H3. The van der Waals surface area contributed by atoms with Crippen molar-refractivity contribution in [3.05, 3.63) is 33.9 Å². The average Bonchev–Trinajstić information content (AvgIpc) is 2.18. The van der Waals surface area contributed by atoms with Gasteiger partial charge in [0.1, 0.15) is 15.7 Å². The van der Waals surface area contributed by atoms with Crippen LogP contribution in [0.2, 0.25) is 0 Å². The third-order valence-corrected chi connectivity index (χ3v) is 3.29. The molecule has 1 N–H and O–H groups in total. The summed E-state index contributed by atoms with van der Waals surface area (Å²) in [6, 6.07) is 0.409. The van der Waals surface area contributed by atoms with Gasteiger partial charge in [-0.25, -0.2) is 12.8 Å². The Labute approximate surface area is 108 Å². The summed E-state index contributed by atoms with van der Waals surface area (Å²) in [5, 5.41) is 13.0. The molecule has 106 valence electrons. The lowest BCUT2D eigenvalue weighted by Gasteiger charge is -2.14. The number of sulfone groups is 1. The Morgan fingerprint density at radius 1 is 1.37 bits per heavy atom. The average molecular weight is 294 g/mol. The minimum Gasteiger partial charge on any atom is -0.379 e. The molecule has 0 aliphatic carbocycles. The summed E-state index contributed by atoms with van der Waals surface area (Å²) in [7, 11) is -3.28. The van der Waals surface area contributed by atoms with E-state index in [2.05, 4.69) is 5.32 Å². The molecule has 0 saturated carbocycles. The molecule has 0 heterocycles. The number of benzene rings is 1. The van der Waals surface area contributed by atoms with Gasteiger partial charge in [-0.2, -0.15) is 4.39 Å². The van der Waals surface area contributed by atoms with E-state index in [0.717, 1.165) is 6.26 Å². The molecular formula is C10H12F2N2O4S. The Hall–Kier alpha value is -1.77. The van der Waals surface area contributed by atoms with Gasteiger partial charge in [-0.15, -0.1) is 0 Å². The normalized spacial score (nSPS) is 13.1. The van der Waals surface area contributed by atoms with Gasteiger partial charge in [0, 0.05) is 24.4 Å². The summed E-state index contributed by atoms with van der Waals surface area (Å²) in [5.74, 6) is -2.59. The lowest BCUT2D eigenvalue weighted by atomic mass is 10.2. The van der Waals surface area contributed by atoms with Gasteiger partial charge in [-0.05, 0) is 6.92 Å². The Kier molecular flexibility index (Phi) is 4.40. The molecule has 0 saturated heterocycles. The van der Waals surface area contributed by atoms with Crippen molar-refractivity contribution in [2.45, 2.75) is 13.0 Å². The fraction of sp³-hybridized carbons (Fsp3) is 0.400. The number of halogens is 2. The van der Waals surface area contributed by atoms with Crippen LogP contribution in [-0.4, -0.2) is 31.4 Å². The van der Waals surface area contributed by atoms with Gasteiger partial charge in [0.2, 0.25) is 5.82 Å². The van der Waals surface area contributed by atoms with E-state index >= 15 is 0 Å². The maximum Gasteiger partial charge on any atom is 0.307 e. The molecular weight excluding hydrogens is 282 g/mol. The molecule has 0 aromatic heterocycles. The van der Waals surface area contributed by atoms with Crippen molar-refractivity contribution >= 4 is 21.2 Å². The number of hydrogen-bond donors (Lipinski definition) is 1. The van der Waals surface area contributed by atoms with Crippen molar-refractivity contribution < 1.29 is 22.1 Å². The highest BCUT2D eigenvalue weighted by Gasteiger charge is 2.20. The van der Waals surface area contributed by atoms with E-state index < -0.39 is 38.1 Å². The quantitative estimate of drug-likeness (QED) is 0.659. The summed E-state index contributed by atoms with van der Waals surface area (Å²) >= 11 is 0. The lowest BCUT2D eigenvalue weighted by molar-refractivity contribution is -0.387. The first-order valence-corrected chi connectivity index (χ1v) is 7.24. The fourth-order valence-corrected chi connectivity index (χ4v) is 2.54. The van der Waals surface area contributed by atoms with Gasteiger partial charge in [0.05, 0.1) is 16.4 Å². The van der Waals surface area contributed by atoms with Crippen molar-refractivity contribution in [3.8, 4) is 0 Å². The fourth-order valence-electron chi connectivity index (χ4n) is 1.55. The first-order valence-electron chi connectivity index (χ1n) is 5.18. The van der Waals surface area contributed by atoms with Crippen LogP contribution in [0.3, 0.4) is 0 Å². The number of nitro benzene ring substituents is 1. The van der Waals surface area contributed by atoms with Crippen LogP contribution in [0.15, 0.2) is 12.1 Å². The second-order valence-corrected chi connectivity index (χ2v) is 6.36. The summed E-state index contributed by atoms with van der Waals surface area (Å²) in [4.78, 5) is 9.53. The molecule has 9 heteroatoms. The molecule has 1 rings (SSSR count). The first kappa shape index (κ1) is 15.3. The Morgan fingerprint density at radius 3 is 2.42 bits per heavy atom. The molecule has 1 aromatic carbocycles. The van der Waals surface area contributed by atoms with E-state index in [1.54, 1.807) is 0 Å². The van der Waals surface area contributed by atoms with Crippen molar-refractivity contribution in [3.63, 3.8) is 0 Å². The number of nitrogens with zero attached hydrogens (tertiary/aromatic N) is 1. The van der Waals surface area contributed by atoms with E-state index in [1.807, 2.05) is 0 Å². The summed E-state index contributed by atoms with van der Waals surface area (Å²) in [5.41, 5.74) is -1.19. The molecule has 0 amide bonds. The Morgan fingerprint density at radius 2 is 1.95 bits per heavy atom.